The number of benzene rings is 1. The van der Waals surface area contributed by atoms with E-state index in [1.165, 1.54) is 0 Å². The normalized spacial score (nSPS) is 30.5. The molecule has 0 amide bonds. The van der Waals surface area contributed by atoms with Crippen molar-refractivity contribution in [3.63, 3.8) is 0 Å². The molecule has 27 heavy (non-hydrogen) atoms. The lowest BCUT2D eigenvalue weighted by molar-refractivity contribution is -0.394. The minimum Gasteiger partial charge on any atom is -0.313 e. The molecule has 2 aliphatic carbocycles. The number of carbonyl (C=O) groups is 1. The standard InChI is InChI=1S/C17H18BrN3O6/c1-16-4-3-11(17(16,2)9-18)7-14(16)19-27-15(22)10-5-12(20(23)24)8-13(6-10)21(25)26/h5-6,8,11H,3-4,7,9H2,1-2H3/b19-14+. The van der Waals surface area contributed by atoms with Gasteiger partial charge in [-0.05, 0) is 30.6 Å². The van der Waals surface area contributed by atoms with Crippen LogP contribution in [0.2, 0.25) is 0 Å². The van der Waals surface area contributed by atoms with Crippen LogP contribution >= 0.6 is 15.9 Å². The molecule has 0 saturated heterocycles. The van der Waals surface area contributed by atoms with Crippen LogP contribution in [0.3, 0.4) is 0 Å². The van der Waals surface area contributed by atoms with E-state index in [0.717, 1.165) is 48.5 Å². The minimum atomic E-state index is -0.957. The molecule has 2 bridgehead atoms. The maximum absolute atomic E-state index is 12.3. The molecule has 10 heteroatoms. The van der Waals surface area contributed by atoms with Crippen molar-refractivity contribution in [3.05, 3.63) is 44.0 Å². The number of rotatable bonds is 5. The second-order valence-electron chi connectivity index (χ2n) is 7.49. The van der Waals surface area contributed by atoms with Gasteiger partial charge < -0.3 is 4.84 Å². The highest BCUT2D eigenvalue weighted by Crippen LogP contribution is 2.64. The van der Waals surface area contributed by atoms with Crippen molar-refractivity contribution in [3.8, 4) is 0 Å². The maximum Gasteiger partial charge on any atom is 0.366 e. The van der Waals surface area contributed by atoms with E-state index in [0.29, 0.717) is 5.92 Å². The van der Waals surface area contributed by atoms with Crippen molar-refractivity contribution in [2.45, 2.75) is 33.1 Å². The molecule has 0 aliphatic heterocycles. The van der Waals surface area contributed by atoms with Crippen molar-refractivity contribution in [2.24, 2.45) is 21.9 Å². The fraction of sp³-hybridized carbons (Fsp3) is 0.529. The average molecular weight is 440 g/mol. The first-order valence-electron chi connectivity index (χ1n) is 8.41. The van der Waals surface area contributed by atoms with E-state index in [4.69, 9.17) is 4.84 Å². The molecule has 2 saturated carbocycles. The van der Waals surface area contributed by atoms with Crippen LogP contribution in [-0.2, 0) is 4.84 Å². The summed E-state index contributed by atoms with van der Waals surface area (Å²) in [6.45, 7) is 4.29. The summed E-state index contributed by atoms with van der Waals surface area (Å²) < 4.78 is 0. The lowest BCUT2D eigenvalue weighted by Gasteiger charge is -2.36. The smallest absolute Gasteiger partial charge is 0.313 e. The Bertz CT molecular complexity index is 840. The summed E-state index contributed by atoms with van der Waals surface area (Å²) in [7, 11) is 0. The molecular weight excluding hydrogens is 422 g/mol. The number of halogens is 1. The van der Waals surface area contributed by atoms with Crippen molar-refractivity contribution >= 4 is 39.0 Å². The molecule has 3 unspecified atom stereocenters. The van der Waals surface area contributed by atoms with E-state index < -0.39 is 27.2 Å². The molecule has 3 rings (SSSR count). The van der Waals surface area contributed by atoms with E-state index in [-0.39, 0.29) is 16.4 Å². The van der Waals surface area contributed by atoms with Gasteiger partial charge in [-0.1, -0.05) is 34.9 Å². The highest BCUT2D eigenvalue weighted by Gasteiger charge is 2.62. The summed E-state index contributed by atoms with van der Waals surface area (Å²) in [6.07, 6.45) is 2.75. The zero-order chi connectivity index (χ0) is 20.0. The summed E-state index contributed by atoms with van der Waals surface area (Å²) >= 11 is 3.59. The van der Waals surface area contributed by atoms with Gasteiger partial charge in [0.15, 0.2) is 0 Å². The van der Waals surface area contributed by atoms with Crippen LogP contribution in [0.5, 0.6) is 0 Å². The molecule has 3 atom stereocenters. The Hall–Kier alpha value is -2.36. The summed E-state index contributed by atoms with van der Waals surface area (Å²) in [5.41, 5.74) is -0.783. The van der Waals surface area contributed by atoms with Gasteiger partial charge >= 0.3 is 5.97 Å². The molecule has 0 spiro atoms. The van der Waals surface area contributed by atoms with Crippen LogP contribution in [0, 0.1) is 37.0 Å². The van der Waals surface area contributed by atoms with Gasteiger partial charge in [0, 0.05) is 22.9 Å². The van der Waals surface area contributed by atoms with E-state index in [2.05, 4.69) is 34.9 Å². The highest BCUT2D eigenvalue weighted by atomic mass is 79.9. The molecule has 2 fully saturated rings. The van der Waals surface area contributed by atoms with Crippen molar-refractivity contribution in [2.75, 3.05) is 5.33 Å². The van der Waals surface area contributed by atoms with E-state index in [9.17, 15) is 25.0 Å². The van der Waals surface area contributed by atoms with Crippen LogP contribution < -0.4 is 0 Å². The third-order valence-corrected chi connectivity index (χ3v) is 7.47. The number of nitrogens with zero attached hydrogens (tertiary/aromatic N) is 3. The van der Waals surface area contributed by atoms with Gasteiger partial charge in [0.25, 0.3) is 11.4 Å². The zero-order valence-electron chi connectivity index (χ0n) is 14.8. The number of hydrogen-bond donors (Lipinski definition) is 0. The number of alkyl halides is 1. The van der Waals surface area contributed by atoms with Gasteiger partial charge in [-0.3, -0.25) is 20.2 Å². The summed E-state index contributed by atoms with van der Waals surface area (Å²) in [6, 6.07) is 2.68. The molecule has 2 aliphatic rings. The quantitative estimate of drug-likeness (QED) is 0.292. The van der Waals surface area contributed by atoms with Crippen molar-refractivity contribution in [1.82, 2.24) is 0 Å². The van der Waals surface area contributed by atoms with Crippen LogP contribution in [0.4, 0.5) is 11.4 Å². The molecule has 1 aromatic rings. The number of nitro groups is 2. The molecule has 9 nitrogen and oxygen atoms in total. The van der Waals surface area contributed by atoms with Gasteiger partial charge in [0.2, 0.25) is 0 Å². The second kappa shape index (κ2) is 6.66. The van der Waals surface area contributed by atoms with E-state index in [1.54, 1.807) is 0 Å². The number of oxime groups is 1. The second-order valence-corrected chi connectivity index (χ2v) is 8.05. The maximum atomic E-state index is 12.3. The van der Waals surface area contributed by atoms with Crippen molar-refractivity contribution < 1.29 is 19.5 Å². The largest absolute Gasteiger partial charge is 0.366 e. The number of non-ortho nitro benzene ring substituents is 2. The van der Waals surface area contributed by atoms with Crippen LogP contribution in [0.1, 0.15) is 43.5 Å². The predicted octanol–water partition coefficient (Wildman–Crippen LogP) is 4.24. The third kappa shape index (κ3) is 3.01. The Morgan fingerprint density at radius 3 is 2.33 bits per heavy atom. The Labute approximate surface area is 163 Å². The average Bonchev–Trinajstić information content (AvgIpc) is 3.01. The Kier molecular flexibility index (Phi) is 4.79. The topological polar surface area (TPSA) is 125 Å². The third-order valence-electron chi connectivity index (χ3n) is 6.31. The SMILES string of the molecule is CC12CCC(C/C1=N\OC(=O)c1cc([N+](=O)[O-])cc([N+](=O)[O-])c1)C2(C)CBr. The van der Waals surface area contributed by atoms with Crippen LogP contribution in [0.15, 0.2) is 23.4 Å². The Balaban J connectivity index is 1.86. The number of hydrogen-bond acceptors (Lipinski definition) is 7. The molecule has 1 aromatic carbocycles. The van der Waals surface area contributed by atoms with Gasteiger partial charge in [-0.25, -0.2) is 4.79 Å². The lowest BCUT2D eigenvalue weighted by atomic mass is 9.70. The molecule has 0 radical (unpaired) electrons. The summed E-state index contributed by atoms with van der Waals surface area (Å²) in [4.78, 5) is 37.6. The number of nitro benzene ring substituents is 2. The first-order valence-corrected chi connectivity index (χ1v) is 9.53. The fourth-order valence-electron chi connectivity index (χ4n) is 4.25. The lowest BCUT2D eigenvalue weighted by Crippen LogP contribution is -2.36. The highest BCUT2D eigenvalue weighted by molar-refractivity contribution is 9.09. The fourth-order valence-corrected chi connectivity index (χ4v) is 5.32. The minimum absolute atomic E-state index is 0.0164. The summed E-state index contributed by atoms with van der Waals surface area (Å²) in [5, 5.41) is 26.8. The molecule has 0 aromatic heterocycles. The zero-order valence-corrected chi connectivity index (χ0v) is 16.4. The molecule has 0 heterocycles. The van der Waals surface area contributed by atoms with E-state index >= 15 is 0 Å². The van der Waals surface area contributed by atoms with Gasteiger partial charge in [0.05, 0.1) is 27.2 Å². The first-order chi connectivity index (χ1) is 12.6. The van der Waals surface area contributed by atoms with Gasteiger partial charge in [0.1, 0.15) is 0 Å². The van der Waals surface area contributed by atoms with Crippen molar-refractivity contribution in [1.29, 1.82) is 0 Å². The number of carbonyl (C=O) groups excluding carboxylic acids is 1. The molecule has 0 N–H and O–H groups in total. The van der Waals surface area contributed by atoms with Gasteiger partial charge in [-0.2, -0.15) is 0 Å². The predicted molar refractivity (Wildman–Crippen MR) is 100.0 cm³/mol. The Morgan fingerprint density at radius 1 is 1.26 bits per heavy atom. The summed E-state index contributed by atoms with van der Waals surface area (Å²) in [5.74, 6) is -0.514. The number of fused-ring (bicyclic) bond motifs is 2. The molecule has 144 valence electrons. The monoisotopic (exact) mass is 439 g/mol. The van der Waals surface area contributed by atoms with Gasteiger partial charge in [-0.15, -0.1) is 0 Å². The Morgan fingerprint density at radius 2 is 1.85 bits per heavy atom. The molecular formula is C17H18BrN3O6. The van der Waals surface area contributed by atoms with E-state index in [1.807, 2.05) is 0 Å². The van der Waals surface area contributed by atoms with Crippen LogP contribution in [0.25, 0.3) is 0 Å². The first kappa shape index (κ1) is 19.4. The van der Waals surface area contributed by atoms with Crippen LogP contribution in [-0.4, -0.2) is 26.9 Å².